The van der Waals surface area contributed by atoms with E-state index in [1.54, 1.807) is 18.3 Å². The van der Waals surface area contributed by atoms with E-state index in [1.807, 2.05) is 6.07 Å². The highest BCUT2D eigenvalue weighted by Crippen LogP contribution is 2.07. The summed E-state index contributed by atoms with van der Waals surface area (Å²) < 4.78 is 0. The van der Waals surface area contributed by atoms with Crippen molar-refractivity contribution in [1.82, 2.24) is 9.97 Å². The fourth-order valence-corrected chi connectivity index (χ4v) is 0.986. The van der Waals surface area contributed by atoms with Crippen molar-refractivity contribution < 1.29 is 0 Å². The van der Waals surface area contributed by atoms with Gasteiger partial charge in [-0.1, -0.05) is 5.92 Å². The highest BCUT2D eigenvalue weighted by atomic mass is 14.7. The van der Waals surface area contributed by atoms with Crippen LogP contribution in [0, 0.1) is 18.4 Å². The van der Waals surface area contributed by atoms with Crippen LogP contribution in [0.25, 0.3) is 11.0 Å². The second kappa shape index (κ2) is 2.63. The average Bonchev–Trinajstić information content (AvgIpc) is 2.17. The van der Waals surface area contributed by atoms with E-state index in [0.717, 1.165) is 11.0 Å². The molecule has 55 valence electrons. The lowest BCUT2D eigenvalue weighted by atomic mass is 10.3. The lowest BCUT2D eigenvalue weighted by Crippen LogP contribution is -1.85. The standard InChI is InChI=1S/C10H5N2/c1-2-8-5-6-9-10(12-8)4-3-7-11-9/h1,4-7H. The molecule has 0 saturated carbocycles. The Hall–Kier alpha value is -1.88. The van der Waals surface area contributed by atoms with Crippen molar-refractivity contribution in [3.63, 3.8) is 0 Å². The van der Waals surface area contributed by atoms with E-state index in [9.17, 15) is 0 Å². The van der Waals surface area contributed by atoms with Crippen LogP contribution in [0.15, 0.2) is 24.4 Å². The van der Waals surface area contributed by atoms with Gasteiger partial charge in [0.1, 0.15) is 5.69 Å². The lowest BCUT2D eigenvalue weighted by molar-refractivity contribution is 1.31. The summed E-state index contributed by atoms with van der Waals surface area (Å²) in [5.74, 6) is 2.47. The molecule has 0 aliphatic heterocycles. The van der Waals surface area contributed by atoms with Crippen LogP contribution in [0.2, 0.25) is 0 Å². The molecule has 2 rings (SSSR count). The Morgan fingerprint density at radius 1 is 1.33 bits per heavy atom. The van der Waals surface area contributed by atoms with Gasteiger partial charge in [0.25, 0.3) is 0 Å². The number of aromatic nitrogens is 2. The van der Waals surface area contributed by atoms with Gasteiger partial charge in [0, 0.05) is 12.3 Å². The van der Waals surface area contributed by atoms with Crippen LogP contribution in [0.4, 0.5) is 0 Å². The topological polar surface area (TPSA) is 25.8 Å². The molecule has 2 nitrogen and oxygen atoms in total. The lowest BCUT2D eigenvalue weighted by Gasteiger charge is -1.94. The Labute approximate surface area is 70.3 Å². The highest BCUT2D eigenvalue weighted by molar-refractivity contribution is 5.73. The van der Waals surface area contributed by atoms with Gasteiger partial charge in [-0.3, -0.25) is 4.98 Å². The van der Waals surface area contributed by atoms with Crippen molar-refractivity contribution >= 4 is 11.0 Å². The van der Waals surface area contributed by atoms with Gasteiger partial charge in [-0.25, -0.2) is 4.98 Å². The summed E-state index contributed by atoms with van der Waals surface area (Å²) in [6.07, 6.45) is 6.81. The maximum Gasteiger partial charge on any atom is 0.113 e. The molecule has 1 radical (unpaired) electrons. The summed E-state index contributed by atoms with van der Waals surface area (Å²) in [7, 11) is 0. The summed E-state index contributed by atoms with van der Waals surface area (Å²) in [6, 6.07) is 8.24. The normalized spacial score (nSPS) is 9.58. The zero-order valence-electron chi connectivity index (χ0n) is 6.28. The number of pyridine rings is 2. The first-order valence-electron chi connectivity index (χ1n) is 3.49. The van der Waals surface area contributed by atoms with Gasteiger partial charge >= 0.3 is 0 Å². The maximum absolute atomic E-state index is 5.20. The Morgan fingerprint density at radius 2 is 2.25 bits per heavy atom. The highest BCUT2D eigenvalue weighted by Gasteiger charge is 1.94. The monoisotopic (exact) mass is 153 g/mol. The molecular weight excluding hydrogens is 148 g/mol. The molecule has 0 aliphatic carbocycles. The molecule has 0 aliphatic rings. The van der Waals surface area contributed by atoms with Crippen molar-refractivity contribution in [3.8, 4) is 12.3 Å². The minimum absolute atomic E-state index is 0.629. The van der Waals surface area contributed by atoms with E-state index in [-0.39, 0.29) is 0 Å². The zero-order valence-corrected chi connectivity index (χ0v) is 6.28. The molecule has 0 atom stereocenters. The molecule has 2 heteroatoms. The summed E-state index contributed by atoms with van der Waals surface area (Å²) >= 11 is 0. The van der Waals surface area contributed by atoms with Crippen LogP contribution in [-0.2, 0) is 0 Å². The second-order valence-corrected chi connectivity index (χ2v) is 2.31. The number of hydrogen-bond acceptors (Lipinski definition) is 2. The third-order valence-corrected chi connectivity index (χ3v) is 1.55. The van der Waals surface area contributed by atoms with E-state index in [1.165, 1.54) is 0 Å². The van der Waals surface area contributed by atoms with E-state index >= 15 is 0 Å². The SMILES string of the molecule is C#Cc1ccc2nc[c]cc2n1. The summed E-state index contributed by atoms with van der Waals surface area (Å²) in [6.45, 7) is 0. The molecule has 0 N–H and O–H groups in total. The molecule has 2 aromatic rings. The molecule has 0 bridgehead atoms. The predicted octanol–water partition coefficient (Wildman–Crippen LogP) is 1.41. The molecule has 0 fully saturated rings. The third-order valence-electron chi connectivity index (χ3n) is 1.55. The van der Waals surface area contributed by atoms with E-state index in [4.69, 9.17) is 6.42 Å². The van der Waals surface area contributed by atoms with Gasteiger partial charge in [-0.05, 0) is 18.2 Å². The fraction of sp³-hybridized carbons (Fsp3) is 0. The first-order chi connectivity index (χ1) is 5.90. The van der Waals surface area contributed by atoms with Gasteiger partial charge < -0.3 is 0 Å². The quantitative estimate of drug-likeness (QED) is 0.535. The van der Waals surface area contributed by atoms with Crippen molar-refractivity contribution in [2.45, 2.75) is 0 Å². The van der Waals surface area contributed by atoms with Crippen molar-refractivity contribution in [2.75, 3.05) is 0 Å². The van der Waals surface area contributed by atoms with E-state index in [0.29, 0.717) is 5.69 Å². The molecule has 0 aromatic carbocycles. The predicted molar refractivity (Wildman–Crippen MR) is 46.3 cm³/mol. The van der Waals surface area contributed by atoms with Crippen LogP contribution >= 0.6 is 0 Å². The molecule has 2 aromatic heterocycles. The Morgan fingerprint density at radius 3 is 3.08 bits per heavy atom. The third kappa shape index (κ3) is 1.02. The van der Waals surface area contributed by atoms with E-state index in [2.05, 4.69) is 22.0 Å². The molecule has 0 spiro atoms. The van der Waals surface area contributed by atoms with Crippen LogP contribution in [0.1, 0.15) is 5.69 Å². The first-order valence-corrected chi connectivity index (χ1v) is 3.49. The minimum atomic E-state index is 0.629. The molecule has 0 unspecified atom stereocenters. The Kier molecular flexibility index (Phi) is 1.49. The fourth-order valence-electron chi connectivity index (χ4n) is 0.986. The maximum atomic E-state index is 5.20. The summed E-state index contributed by atoms with van der Waals surface area (Å²) in [5, 5.41) is 0. The molecule has 0 saturated heterocycles. The number of nitrogens with zero attached hydrogens (tertiary/aromatic N) is 2. The summed E-state index contributed by atoms with van der Waals surface area (Å²) in [4.78, 5) is 8.23. The van der Waals surface area contributed by atoms with Crippen LogP contribution in [-0.4, -0.2) is 9.97 Å². The van der Waals surface area contributed by atoms with E-state index < -0.39 is 0 Å². The average molecular weight is 153 g/mol. The molecule has 2 heterocycles. The van der Waals surface area contributed by atoms with Crippen molar-refractivity contribution in [3.05, 3.63) is 36.2 Å². The Balaban J connectivity index is 2.78. The van der Waals surface area contributed by atoms with Gasteiger partial charge in [0.05, 0.1) is 11.0 Å². The largest absolute Gasteiger partial charge is 0.254 e. The number of hydrogen-bond donors (Lipinski definition) is 0. The number of terminal acetylenes is 1. The zero-order chi connectivity index (χ0) is 8.39. The van der Waals surface area contributed by atoms with Gasteiger partial charge in [0.15, 0.2) is 0 Å². The van der Waals surface area contributed by atoms with Crippen LogP contribution in [0.3, 0.4) is 0 Å². The minimum Gasteiger partial charge on any atom is -0.254 e. The Bertz CT molecular complexity index is 455. The smallest absolute Gasteiger partial charge is 0.113 e. The number of fused-ring (bicyclic) bond motifs is 1. The number of rotatable bonds is 0. The molecule has 0 amide bonds. The first kappa shape index (κ1) is 6.81. The van der Waals surface area contributed by atoms with Gasteiger partial charge in [0.2, 0.25) is 0 Å². The summed E-state index contributed by atoms with van der Waals surface area (Å²) in [5.41, 5.74) is 2.25. The van der Waals surface area contributed by atoms with Gasteiger partial charge in [-0.15, -0.1) is 6.42 Å². The van der Waals surface area contributed by atoms with Gasteiger partial charge in [-0.2, -0.15) is 0 Å². The second-order valence-electron chi connectivity index (χ2n) is 2.31. The van der Waals surface area contributed by atoms with Crippen molar-refractivity contribution in [1.29, 1.82) is 0 Å². The molecular formula is C10H5N2. The van der Waals surface area contributed by atoms with Crippen LogP contribution < -0.4 is 0 Å². The van der Waals surface area contributed by atoms with Crippen LogP contribution in [0.5, 0.6) is 0 Å². The van der Waals surface area contributed by atoms with Crippen molar-refractivity contribution in [2.24, 2.45) is 0 Å². The molecule has 12 heavy (non-hydrogen) atoms.